The molecule has 1 amide bonds. The number of thioether (sulfide) groups is 1. The molecule has 0 radical (unpaired) electrons. The molecule has 4 nitrogen and oxygen atoms in total. The van der Waals surface area contributed by atoms with Crippen molar-refractivity contribution in [1.29, 1.82) is 0 Å². The molecule has 0 spiro atoms. The van der Waals surface area contributed by atoms with Crippen LogP contribution in [0.25, 0.3) is 0 Å². The molecule has 2 atom stereocenters. The highest BCUT2D eigenvalue weighted by Gasteiger charge is 2.25. The molecule has 0 aromatic heterocycles. The fourth-order valence-electron chi connectivity index (χ4n) is 2.59. The summed E-state index contributed by atoms with van der Waals surface area (Å²) in [6.45, 7) is 2.14. The van der Waals surface area contributed by atoms with E-state index < -0.39 is 11.7 Å². The van der Waals surface area contributed by atoms with E-state index in [0.717, 1.165) is 31.1 Å². The van der Waals surface area contributed by atoms with E-state index >= 15 is 0 Å². The van der Waals surface area contributed by atoms with Crippen molar-refractivity contribution in [2.45, 2.75) is 37.5 Å². The standard InChI is InChI=1S/C14H20FN3OS/c1-2-20-9-4-3-8(5-9)18-13-6-10(14(17)19)12(16)7-11(13)15/h6-9,18H,2-5,16H2,1H3,(H2,17,19). The second-order valence-corrected chi connectivity index (χ2v) is 6.59. The van der Waals surface area contributed by atoms with Gasteiger partial charge in [-0.05, 0) is 37.1 Å². The van der Waals surface area contributed by atoms with Crippen LogP contribution in [-0.4, -0.2) is 23.0 Å². The van der Waals surface area contributed by atoms with E-state index in [-0.39, 0.29) is 17.3 Å². The molecule has 2 unspecified atom stereocenters. The van der Waals surface area contributed by atoms with Crippen LogP contribution in [0, 0.1) is 5.82 Å². The summed E-state index contributed by atoms with van der Waals surface area (Å²) in [7, 11) is 0. The highest BCUT2D eigenvalue weighted by atomic mass is 32.2. The Kier molecular flexibility index (Phi) is 4.75. The Morgan fingerprint density at radius 2 is 2.25 bits per heavy atom. The van der Waals surface area contributed by atoms with Crippen molar-refractivity contribution in [1.82, 2.24) is 0 Å². The highest BCUT2D eigenvalue weighted by Crippen LogP contribution is 2.32. The quantitative estimate of drug-likeness (QED) is 0.730. The van der Waals surface area contributed by atoms with Crippen molar-refractivity contribution >= 4 is 29.0 Å². The maximum absolute atomic E-state index is 13.9. The number of hydrogen-bond acceptors (Lipinski definition) is 4. The summed E-state index contributed by atoms with van der Waals surface area (Å²) in [5, 5.41) is 3.80. The van der Waals surface area contributed by atoms with Crippen LogP contribution in [0.2, 0.25) is 0 Å². The second kappa shape index (κ2) is 6.35. The third kappa shape index (κ3) is 3.36. The van der Waals surface area contributed by atoms with Crippen molar-refractivity contribution in [3.05, 3.63) is 23.5 Å². The molecule has 1 saturated carbocycles. The largest absolute Gasteiger partial charge is 0.398 e. The van der Waals surface area contributed by atoms with Gasteiger partial charge in [0.25, 0.3) is 5.91 Å². The van der Waals surface area contributed by atoms with Gasteiger partial charge in [0.05, 0.1) is 11.3 Å². The fourth-order valence-corrected chi connectivity index (χ4v) is 3.73. The van der Waals surface area contributed by atoms with E-state index in [2.05, 4.69) is 12.2 Å². The molecule has 0 heterocycles. The number of benzene rings is 1. The van der Waals surface area contributed by atoms with Gasteiger partial charge in [-0.2, -0.15) is 11.8 Å². The Balaban J connectivity index is 2.10. The predicted octanol–water partition coefficient (Wildman–Crippen LogP) is 2.59. The van der Waals surface area contributed by atoms with Crippen molar-refractivity contribution < 1.29 is 9.18 Å². The number of nitrogens with one attached hydrogen (secondary N) is 1. The zero-order valence-corrected chi connectivity index (χ0v) is 12.3. The molecule has 1 aliphatic rings. The number of primary amides is 1. The van der Waals surface area contributed by atoms with Crippen LogP contribution in [-0.2, 0) is 0 Å². The number of hydrogen-bond donors (Lipinski definition) is 3. The molecule has 1 aromatic rings. The Labute approximate surface area is 122 Å². The fraction of sp³-hybridized carbons (Fsp3) is 0.500. The van der Waals surface area contributed by atoms with Gasteiger partial charge in [-0.3, -0.25) is 4.79 Å². The third-order valence-electron chi connectivity index (χ3n) is 3.55. The van der Waals surface area contributed by atoms with Gasteiger partial charge in [0, 0.05) is 17.0 Å². The molecule has 0 aliphatic heterocycles. The van der Waals surface area contributed by atoms with E-state index in [9.17, 15) is 9.18 Å². The van der Waals surface area contributed by atoms with E-state index in [1.165, 1.54) is 6.07 Å². The van der Waals surface area contributed by atoms with Crippen LogP contribution in [0.1, 0.15) is 36.5 Å². The molecule has 1 fully saturated rings. The van der Waals surface area contributed by atoms with E-state index in [1.54, 1.807) is 0 Å². The van der Waals surface area contributed by atoms with Gasteiger partial charge in [-0.1, -0.05) is 6.92 Å². The maximum Gasteiger partial charge on any atom is 0.250 e. The number of carbonyl (C=O) groups is 1. The first kappa shape index (κ1) is 15.0. The van der Waals surface area contributed by atoms with Gasteiger partial charge in [-0.15, -0.1) is 0 Å². The summed E-state index contributed by atoms with van der Waals surface area (Å²) < 4.78 is 13.9. The molecule has 2 rings (SSSR count). The molecule has 0 saturated heterocycles. The van der Waals surface area contributed by atoms with Crippen molar-refractivity contribution in [3.63, 3.8) is 0 Å². The minimum atomic E-state index is -0.642. The maximum atomic E-state index is 13.9. The molecule has 110 valence electrons. The number of anilines is 2. The number of amides is 1. The predicted molar refractivity (Wildman–Crippen MR) is 82.5 cm³/mol. The molecular formula is C14H20FN3OS. The molecule has 20 heavy (non-hydrogen) atoms. The molecule has 6 heteroatoms. The lowest BCUT2D eigenvalue weighted by Crippen LogP contribution is -2.19. The van der Waals surface area contributed by atoms with Crippen LogP contribution in [0.15, 0.2) is 12.1 Å². The van der Waals surface area contributed by atoms with E-state index in [4.69, 9.17) is 11.5 Å². The molecule has 5 N–H and O–H groups in total. The molecule has 0 bridgehead atoms. The van der Waals surface area contributed by atoms with E-state index in [1.807, 2.05) is 11.8 Å². The van der Waals surface area contributed by atoms with Crippen LogP contribution >= 0.6 is 11.8 Å². The normalized spacial score (nSPS) is 21.9. The summed E-state index contributed by atoms with van der Waals surface area (Å²) in [6, 6.07) is 2.79. The minimum absolute atomic E-state index is 0.0754. The third-order valence-corrected chi connectivity index (χ3v) is 4.78. The smallest absolute Gasteiger partial charge is 0.250 e. The SMILES string of the molecule is CCSC1CCC(Nc2cc(C(N)=O)c(N)cc2F)C1. The summed E-state index contributed by atoms with van der Waals surface area (Å²) in [4.78, 5) is 11.2. The minimum Gasteiger partial charge on any atom is -0.398 e. The Morgan fingerprint density at radius 3 is 2.90 bits per heavy atom. The lowest BCUT2D eigenvalue weighted by molar-refractivity contribution is 0.100. The molecule has 1 aromatic carbocycles. The summed E-state index contributed by atoms with van der Waals surface area (Å²) in [5.41, 5.74) is 11.4. The number of rotatable bonds is 5. The molecular weight excluding hydrogens is 277 g/mol. The van der Waals surface area contributed by atoms with Gasteiger partial charge in [0.1, 0.15) is 5.82 Å². The van der Waals surface area contributed by atoms with Gasteiger partial charge in [0.15, 0.2) is 0 Å². The number of carbonyl (C=O) groups excluding carboxylic acids is 1. The van der Waals surface area contributed by atoms with Crippen molar-refractivity contribution in [2.24, 2.45) is 5.73 Å². The van der Waals surface area contributed by atoms with Crippen molar-refractivity contribution in [2.75, 3.05) is 16.8 Å². The Morgan fingerprint density at radius 1 is 1.50 bits per heavy atom. The number of halogens is 1. The first-order chi connectivity index (χ1) is 9.51. The van der Waals surface area contributed by atoms with E-state index in [0.29, 0.717) is 10.9 Å². The average Bonchev–Trinajstić information content (AvgIpc) is 2.80. The van der Waals surface area contributed by atoms with Gasteiger partial charge in [0.2, 0.25) is 0 Å². The highest BCUT2D eigenvalue weighted by molar-refractivity contribution is 7.99. The van der Waals surface area contributed by atoms with Gasteiger partial charge < -0.3 is 16.8 Å². The Hall–Kier alpha value is -1.43. The Bertz CT molecular complexity index is 509. The zero-order valence-electron chi connectivity index (χ0n) is 11.5. The van der Waals surface area contributed by atoms with Crippen LogP contribution in [0.3, 0.4) is 0 Å². The second-order valence-electron chi connectivity index (χ2n) is 5.02. The number of nitrogens with two attached hydrogens (primary N) is 2. The van der Waals surface area contributed by atoms with Crippen LogP contribution < -0.4 is 16.8 Å². The molecule has 1 aliphatic carbocycles. The van der Waals surface area contributed by atoms with Crippen LogP contribution in [0.4, 0.5) is 15.8 Å². The lowest BCUT2D eigenvalue weighted by Gasteiger charge is -2.16. The summed E-state index contributed by atoms with van der Waals surface area (Å²) in [5.74, 6) is 0.00915. The monoisotopic (exact) mass is 297 g/mol. The average molecular weight is 297 g/mol. The lowest BCUT2D eigenvalue weighted by atomic mass is 10.1. The topological polar surface area (TPSA) is 81.1 Å². The summed E-state index contributed by atoms with van der Waals surface area (Å²) in [6.07, 6.45) is 3.15. The van der Waals surface area contributed by atoms with Crippen LogP contribution in [0.5, 0.6) is 0 Å². The van der Waals surface area contributed by atoms with Gasteiger partial charge in [-0.25, -0.2) is 4.39 Å². The summed E-state index contributed by atoms with van der Waals surface area (Å²) >= 11 is 1.94. The number of nitrogen functional groups attached to an aromatic ring is 1. The van der Waals surface area contributed by atoms with Crippen molar-refractivity contribution in [3.8, 4) is 0 Å². The first-order valence-electron chi connectivity index (χ1n) is 6.78. The first-order valence-corrected chi connectivity index (χ1v) is 7.83. The zero-order chi connectivity index (χ0) is 14.7. The van der Waals surface area contributed by atoms with Gasteiger partial charge >= 0.3 is 0 Å².